The lowest BCUT2D eigenvalue weighted by molar-refractivity contribution is -0.124. The Kier molecular flexibility index (Phi) is 3.21. The first kappa shape index (κ1) is 13.1. The zero-order valence-corrected chi connectivity index (χ0v) is 11.3. The molecule has 2 aliphatic carbocycles. The number of amides is 2. The number of hydrogen-bond donors (Lipinski definition) is 3. The summed E-state index contributed by atoms with van der Waals surface area (Å²) in [6.45, 7) is 0.167. The summed E-state index contributed by atoms with van der Waals surface area (Å²) in [6.07, 6.45) is 7.73. The molecule has 7 nitrogen and oxygen atoms in total. The van der Waals surface area contributed by atoms with E-state index < -0.39 is 5.54 Å². The van der Waals surface area contributed by atoms with Crippen LogP contribution >= 0.6 is 0 Å². The number of aromatic nitrogens is 2. The maximum Gasteiger partial charge on any atom is 0.244 e. The van der Waals surface area contributed by atoms with Gasteiger partial charge >= 0.3 is 0 Å². The Labute approximate surface area is 116 Å². The van der Waals surface area contributed by atoms with Crippen LogP contribution in [-0.4, -0.2) is 33.2 Å². The Balaban J connectivity index is 1.53. The summed E-state index contributed by atoms with van der Waals surface area (Å²) in [7, 11) is 0. The average Bonchev–Trinajstić information content (AvgIpc) is 3.06. The molecular formula is C13H19N5O2. The summed E-state index contributed by atoms with van der Waals surface area (Å²) in [5.74, 6) is -0.228. The van der Waals surface area contributed by atoms with Gasteiger partial charge in [-0.3, -0.25) is 14.3 Å². The molecule has 0 radical (unpaired) electrons. The number of rotatable bonds is 5. The number of anilines is 1. The average molecular weight is 277 g/mol. The topological polar surface area (TPSA) is 102 Å². The van der Waals surface area contributed by atoms with Crippen molar-refractivity contribution in [3.05, 3.63) is 12.4 Å². The van der Waals surface area contributed by atoms with Gasteiger partial charge in [0, 0.05) is 12.2 Å². The third-order valence-electron chi connectivity index (χ3n) is 3.84. The Morgan fingerprint density at radius 1 is 1.45 bits per heavy atom. The van der Waals surface area contributed by atoms with Crippen molar-refractivity contribution in [2.24, 2.45) is 5.73 Å². The van der Waals surface area contributed by atoms with Gasteiger partial charge in [-0.05, 0) is 32.1 Å². The summed E-state index contributed by atoms with van der Waals surface area (Å²) in [5, 5.41) is 9.70. The van der Waals surface area contributed by atoms with Crippen molar-refractivity contribution in [2.75, 3.05) is 5.32 Å². The van der Waals surface area contributed by atoms with Crippen LogP contribution in [0.3, 0.4) is 0 Å². The summed E-state index contributed by atoms with van der Waals surface area (Å²) in [4.78, 5) is 23.6. The Hall–Kier alpha value is -1.89. The smallest absolute Gasteiger partial charge is 0.244 e. The summed E-state index contributed by atoms with van der Waals surface area (Å²) in [6, 6.07) is 0.341. The van der Waals surface area contributed by atoms with Crippen LogP contribution in [0.5, 0.6) is 0 Å². The molecule has 1 aromatic rings. The molecule has 0 saturated heterocycles. The van der Waals surface area contributed by atoms with Gasteiger partial charge in [0.15, 0.2) is 0 Å². The van der Waals surface area contributed by atoms with Crippen molar-refractivity contribution < 1.29 is 9.59 Å². The maximum atomic E-state index is 11.9. The van der Waals surface area contributed by atoms with Crippen molar-refractivity contribution >= 4 is 17.5 Å². The first-order valence-corrected chi connectivity index (χ1v) is 6.97. The lowest BCUT2D eigenvalue weighted by Gasteiger charge is -2.35. The highest BCUT2D eigenvalue weighted by Gasteiger charge is 2.40. The number of nitrogens with one attached hydrogen (secondary N) is 2. The molecule has 7 heteroatoms. The van der Waals surface area contributed by atoms with Gasteiger partial charge in [-0.1, -0.05) is 0 Å². The summed E-state index contributed by atoms with van der Waals surface area (Å²) >= 11 is 0. The zero-order chi connectivity index (χ0) is 14.2. The normalized spacial score (nSPS) is 20.1. The molecule has 4 N–H and O–H groups in total. The monoisotopic (exact) mass is 277 g/mol. The molecule has 2 amide bonds. The fourth-order valence-corrected chi connectivity index (χ4v) is 2.20. The Morgan fingerprint density at radius 3 is 2.80 bits per heavy atom. The van der Waals surface area contributed by atoms with Gasteiger partial charge in [-0.25, -0.2) is 0 Å². The van der Waals surface area contributed by atoms with Crippen molar-refractivity contribution in [2.45, 2.75) is 50.2 Å². The van der Waals surface area contributed by atoms with Gasteiger partial charge < -0.3 is 16.4 Å². The van der Waals surface area contributed by atoms with Crippen LogP contribution in [0.1, 0.15) is 32.1 Å². The number of hydrogen-bond acceptors (Lipinski definition) is 4. The van der Waals surface area contributed by atoms with Crippen molar-refractivity contribution in [1.29, 1.82) is 0 Å². The standard InChI is InChI=1S/C13H19N5O2/c14-13(4-1-5-13)12(20)17-10-6-15-18(7-10)8-11(19)16-9-2-3-9/h6-7,9H,1-5,8,14H2,(H,16,19)(H,17,20). The number of nitrogens with two attached hydrogens (primary N) is 1. The van der Waals surface area contributed by atoms with Crippen molar-refractivity contribution in [3.8, 4) is 0 Å². The van der Waals surface area contributed by atoms with E-state index in [2.05, 4.69) is 15.7 Å². The number of nitrogens with zero attached hydrogens (tertiary/aromatic N) is 2. The van der Waals surface area contributed by atoms with E-state index in [0.717, 1.165) is 32.1 Å². The largest absolute Gasteiger partial charge is 0.352 e. The van der Waals surface area contributed by atoms with E-state index in [1.165, 1.54) is 10.9 Å². The van der Waals surface area contributed by atoms with Crippen LogP contribution in [0.2, 0.25) is 0 Å². The highest BCUT2D eigenvalue weighted by Crippen LogP contribution is 2.30. The number of carbonyl (C=O) groups is 2. The Bertz CT molecular complexity index is 531. The molecule has 2 fully saturated rings. The van der Waals surface area contributed by atoms with Crippen molar-refractivity contribution in [1.82, 2.24) is 15.1 Å². The van der Waals surface area contributed by atoms with Gasteiger partial charge in [-0.15, -0.1) is 0 Å². The lowest BCUT2D eigenvalue weighted by Crippen LogP contribution is -2.56. The third kappa shape index (κ3) is 2.82. The van der Waals surface area contributed by atoms with Crippen molar-refractivity contribution in [3.63, 3.8) is 0 Å². The van der Waals surface area contributed by atoms with Gasteiger partial charge in [0.25, 0.3) is 0 Å². The molecule has 108 valence electrons. The van der Waals surface area contributed by atoms with Crippen LogP contribution in [0, 0.1) is 0 Å². The molecule has 0 atom stereocenters. The molecule has 1 heterocycles. The second kappa shape index (κ2) is 4.90. The van der Waals surface area contributed by atoms with Gasteiger partial charge in [0.05, 0.1) is 17.4 Å². The molecule has 2 saturated carbocycles. The van der Waals surface area contributed by atoms with Crippen LogP contribution in [0.4, 0.5) is 5.69 Å². The minimum absolute atomic E-state index is 0.0530. The minimum Gasteiger partial charge on any atom is -0.352 e. The molecule has 0 aromatic carbocycles. The minimum atomic E-state index is -0.731. The van der Waals surface area contributed by atoms with Gasteiger partial charge in [0.1, 0.15) is 6.54 Å². The molecule has 1 aromatic heterocycles. The SMILES string of the molecule is NC1(C(=O)Nc2cnn(CC(=O)NC3CC3)c2)CCC1. The molecule has 3 rings (SSSR count). The first-order valence-electron chi connectivity index (χ1n) is 6.97. The fraction of sp³-hybridized carbons (Fsp3) is 0.615. The van der Waals surface area contributed by atoms with Crippen LogP contribution < -0.4 is 16.4 Å². The zero-order valence-electron chi connectivity index (χ0n) is 11.3. The molecule has 0 spiro atoms. The van der Waals surface area contributed by atoms with E-state index in [0.29, 0.717) is 11.7 Å². The van der Waals surface area contributed by atoms with Crippen LogP contribution in [0.15, 0.2) is 12.4 Å². The third-order valence-corrected chi connectivity index (χ3v) is 3.84. The second-order valence-corrected chi connectivity index (χ2v) is 5.73. The summed E-state index contributed by atoms with van der Waals surface area (Å²) in [5.41, 5.74) is 5.78. The second-order valence-electron chi connectivity index (χ2n) is 5.73. The molecule has 0 aliphatic heterocycles. The van der Waals surface area contributed by atoms with E-state index in [-0.39, 0.29) is 18.4 Å². The molecule has 20 heavy (non-hydrogen) atoms. The predicted octanol–water partition coefficient (Wildman–Crippen LogP) is -0.0184. The van der Waals surface area contributed by atoms with E-state index in [1.807, 2.05) is 0 Å². The highest BCUT2D eigenvalue weighted by atomic mass is 16.2. The molecular weight excluding hydrogens is 258 g/mol. The Morgan fingerprint density at radius 2 is 2.20 bits per heavy atom. The van der Waals surface area contributed by atoms with E-state index in [1.54, 1.807) is 6.20 Å². The van der Waals surface area contributed by atoms with Crippen LogP contribution in [-0.2, 0) is 16.1 Å². The molecule has 0 bridgehead atoms. The maximum absolute atomic E-state index is 11.9. The van der Waals surface area contributed by atoms with Gasteiger partial charge in [0.2, 0.25) is 11.8 Å². The molecule has 2 aliphatic rings. The fourth-order valence-electron chi connectivity index (χ4n) is 2.20. The first-order chi connectivity index (χ1) is 9.55. The molecule has 0 unspecified atom stereocenters. The lowest BCUT2D eigenvalue weighted by atomic mass is 9.77. The quantitative estimate of drug-likeness (QED) is 0.704. The van der Waals surface area contributed by atoms with E-state index in [4.69, 9.17) is 5.73 Å². The van der Waals surface area contributed by atoms with E-state index >= 15 is 0 Å². The number of carbonyl (C=O) groups excluding carboxylic acids is 2. The summed E-state index contributed by atoms with van der Waals surface area (Å²) < 4.78 is 1.51. The van der Waals surface area contributed by atoms with E-state index in [9.17, 15) is 9.59 Å². The van der Waals surface area contributed by atoms with Gasteiger partial charge in [-0.2, -0.15) is 5.10 Å². The highest BCUT2D eigenvalue weighted by molar-refractivity contribution is 5.98. The van der Waals surface area contributed by atoms with Crippen LogP contribution in [0.25, 0.3) is 0 Å². The predicted molar refractivity (Wildman–Crippen MR) is 72.8 cm³/mol.